The van der Waals surface area contributed by atoms with E-state index < -0.39 is 5.60 Å². The minimum absolute atomic E-state index is 0.0913. The molecule has 1 aliphatic rings. The van der Waals surface area contributed by atoms with E-state index in [1.807, 2.05) is 27.7 Å². The summed E-state index contributed by atoms with van der Waals surface area (Å²) >= 11 is 0. The van der Waals surface area contributed by atoms with E-state index >= 15 is 0 Å². The van der Waals surface area contributed by atoms with Crippen molar-refractivity contribution < 1.29 is 14.6 Å². The third kappa shape index (κ3) is 3.23. The number of aliphatic hydroxyl groups excluding tert-OH is 1. The molecule has 92 valence electrons. The van der Waals surface area contributed by atoms with Gasteiger partial charge in [0.15, 0.2) is 0 Å². The van der Waals surface area contributed by atoms with Crippen LogP contribution in [0.2, 0.25) is 0 Å². The summed E-state index contributed by atoms with van der Waals surface area (Å²) in [7, 11) is 0. The molecule has 1 N–H and O–H groups in total. The summed E-state index contributed by atoms with van der Waals surface area (Å²) in [6.45, 7) is 8.85. The number of nitrogens with zero attached hydrogens (tertiary/aromatic N) is 1. The molecule has 16 heavy (non-hydrogen) atoms. The summed E-state index contributed by atoms with van der Waals surface area (Å²) in [6.07, 6.45) is 0.568. The van der Waals surface area contributed by atoms with Crippen molar-refractivity contribution in [3.63, 3.8) is 0 Å². The molecule has 1 aliphatic heterocycles. The standard InChI is InChI=1S/C12H21NO3/c1-5-9(8-14)10-6-13(7-10)11(15)16-12(2,3)4/h14H,5-8H2,1-4H3. The highest BCUT2D eigenvalue weighted by atomic mass is 16.6. The SMILES string of the molecule is CCC(CO)=C1CN(C(=O)OC(C)(C)C)C1. The molecule has 1 heterocycles. The minimum Gasteiger partial charge on any atom is -0.444 e. The Balaban J connectivity index is 2.47. The third-order valence-electron chi connectivity index (χ3n) is 2.53. The molecule has 0 atom stereocenters. The van der Waals surface area contributed by atoms with E-state index in [0.29, 0.717) is 13.1 Å². The van der Waals surface area contributed by atoms with Crippen LogP contribution in [0.3, 0.4) is 0 Å². The van der Waals surface area contributed by atoms with Gasteiger partial charge < -0.3 is 14.7 Å². The number of carbonyl (C=O) groups is 1. The molecule has 0 aromatic carbocycles. The predicted molar refractivity (Wildman–Crippen MR) is 62.2 cm³/mol. The number of aliphatic hydroxyl groups is 1. The lowest BCUT2D eigenvalue weighted by atomic mass is 10.00. The van der Waals surface area contributed by atoms with Gasteiger partial charge in [0.1, 0.15) is 5.60 Å². The zero-order chi connectivity index (χ0) is 12.3. The van der Waals surface area contributed by atoms with Crippen molar-refractivity contribution in [2.45, 2.75) is 39.7 Å². The van der Waals surface area contributed by atoms with Gasteiger partial charge in [-0.1, -0.05) is 6.92 Å². The average Bonchev–Trinajstić information content (AvgIpc) is 2.06. The molecule has 0 bridgehead atoms. The maximum absolute atomic E-state index is 11.6. The van der Waals surface area contributed by atoms with Crippen LogP contribution in [0.25, 0.3) is 0 Å². The first kappa shape index (κ1) is 13.0. The first-order chi connectivity index (χ1) is 7.37. The molecule has 0 aliphatic carbocycles. The van der Waals surface area contributed by atoms with Gasteiger partial charge in [0.25, 0.3) is 0 Å². The van der Waals surface area contributed by atoms with E-state index in [9.17, 15) is 4.79 Å². The van der Waals surface area contributed by atoms with E-state index in [0.717, 1.165) is 17.6 Å². The fourth-order valence-corrected chi connectivity index (χ4v) is 1.57. The predicted octanol–water partition coefficient (Wildman–Crippen LogP) is 1.94. The molecule has 1 saturated heterocycles. The summed E-state index contributed by atoms with van der Waals surface area (Å²) in [5.41, 5.74) is 1.76. The van der Waals surface area contributed by atoms with Gasteiger partial charge in [-0.05, 0) is 38.3 Å². The number of rotatable bonds is 2. The van der Waals surface area contributed by atoms with Crippen LogP contribution in [-0.4, -0.2) is 41.4 Å². The molecule has 0 aromatic rings. The van der Waals surface area contributed by atoms with Crippen molar-refractivity contribution in [1.82, 2.24) is 4.90 Å². The maximum atomic E-state index is 11.6. The molecule has 0 unspecified atom stereocenters. The molecule has 1 amide bonds. The molecule has 1 fully saturated rings. The van der Waals surface area contributed by atoms with Crippen LogP contribution in [0.5, 0.6) is 0 Å². The van der Waals surface area contributed by atoms with Crippen LogP contribution >= 0.6 is 0 Å². The Morgan fingerprint density at radius 1 is 1.44 bits per heavy atom. The molecule has 0 aromatic heterocycles. The van der Waals surface area contributed by atoms with Gasteiger partial charge in [0, 0.05) is 13.1 Å². The van der Waals surface area contributed by atoms with Crippen molar-refractivity contribution in [2.75, 3.05) is 19.7 Å². The average molecular weight is 227 g/mol. The molecule has 1 rings (SSSR count). The molecule has 4 heteroatoms. The van der Waals surface area contributed by atoms with Crippen LogP contribution in [0.4, 0.5) is 4.79 Å². The third-order valence-corrected chi connectivity index (χ3v) is 2.53. The van der Waals surface area contributed by atoms with E-state index in [-0.39, 0.29) is 12.7 Å². The minimum atomic E-state index is -0.443. The second-order valence-corrected chi connectivity index (χ2v) is 5.06. The highest BCUT2D eigenvalue weighted by Crippen LogP contribution is 2.22. The first-order valence-electron chi connectivity index (χ1n) is 5.66. The molecule has 0 radical (unpaired) electrons. The van der Waals surface area contributed by atoms with E-state index in [4.69, 9.17) is 9.84 Å². The Hall–Kier alpha value is -1.03. The number of carbonyl (C=O) groups excluding carboxylic acids is 1. The summed E-state index contributed by atoms with van der Waals surface area (Å²) in [5, 5.41) is 9.08. The monoisotopic (exact) mass is 227 g/mol. The van der Waals surface area contributed by atoms with Crippen LogP contribution in [0, 0.1) is 0 Å². The maximum Gasteiger partial charge on any atom is 0.410 e. The number of ether oxygens (including phenoxy) is 1. The normalized spacial score (nSPS) is 15.8. The number of amides is 1. The zero-order valence-electron chi connectivity index (χ0n) is 10.5. The van der Waals surface area contributed by atoms with Gasteiger partial charge in [-0.2, -0.15) is 0 Å². The smallest absolute Gasteiger partial charge is 0.410 e. The Bertz CT molecular complexity index is 288. The van der Waals surface area contributed by atoms with Crippen LogP contribution in [-0.2, 0) is 4.74 Å². The number of likely N-dealkylation sites (tertiary alicyclic amines) is 1. The van der Waals surface area contributed by atoms with Crippen LogP contribution < -0.4 is 0 Å². The van der Waals surface area contributed by atoms with Gasteiger partial charge in [-0.15, -0.1) is 0 Å². The topological polar surface area (TPSA) is 49.8 Å². The van der Waals surface area contributed by atoms with Crippen molar-refractivity contribution in [2.24, 2.45) is 0 Å². The largest absolute Gasteiger partial charge is 0.444 e. The van der Waals surface area contributed by atoms with Gasteiger partial charge in [-0.3, -0.25) is 0 Å². The Kier molecular flexibility index (Phi) is 3.97. The number of hydrogen-bond donors (Lipinski definition) is 1. The second kappa shape index (κ2) is 4.87. The summed E-state index contributed by atoms with van der Waals surface area (Å²) in [4.78, 5) is 13.2. The molecule has 0 saturated carbocycles. The molecular weight excluding hydrogens is 206 g/mol. The molecular formula is C12H21NO3. The van der Waals surface area contributed by atoms with Crippen molar-refractivity contribution >= 4 is 6.09 Å². The number of hydrogen-bond acceptors (Lipinski definition) is 3. The van der Waals surface area contributed by atoms with Gasteiger partial charge in [0.2, 0.25) is 0 Å². The Morgan fingerprint density at radius 3 is 2.38 bits per heavy atom. The quantitative estimate of drug-likeness (QED) is 0.733. The highest BCUT2D eigenvalue weighted by molar-refractivity contribution is 5.70. The first-order valence-corrected chi connectivity index (χ1v) is 5.66. The fraction of sp³-hybridized carbons (Fsp3) is 0.750. The van der Waals surface area contributed by atoms with Gasteiger partial charge >= 0.3 is 6.09 Å². The Labute approximate surface area is 96.9 Å². The molecule has 0 spiro atoms. The zero-order valence-corrected chi connectivity index (χ0v) is 10.5. The van der Waals surface area contributed by atoms with Crippen molar-refractivity contribution in [3.8, 4) is 0 Å². The summed E-state index contributed by atoms with van der Waals surface area (Å²) in [5.74, 6) is 0. The van der Waals surface area contributed by atoms with E-state index in [2.05, 4.69) is 0 Å². The van der Waals surface area contributed by atoms with Crippen LogP contribution in [0.15, 0.2) is 11.1 Å². The Morgan fingerprint density at radius 2 is 2.00 bits per heavy atom. The van der Waals surface area contributed by atoms with Gasteiger partial charge in [0.05, 0.1) is 6.61 Å². The lowest BCUT2D eigenvalue weighted by molar-refractivity contribution is 0.0210. The van der Waals surface area contributed by atoms with Crippen molar-refractivity contribution in [3.05, 3.63) is 11.1 Å². The lowest BCUT2D eigenvalue weighted by Crippen LogP contribution is -2.47. The lowest BCUT2D eigenvalue weighted by Gasteiger charge is -2.36. The second-order valence-electron chi connectivity index (χ2n) is 5.06. The van der Waals surface area contributed by atoms with Crippen molar-refractivity contribution in [1.29, 1.82) is 0 Å². The highest BCUT2D eigenvalue weighted by Gasteiger charge is 2.30. The van der Waals surface area contributed by atoms with E-state index in [1.165, 1.54) is 0 Å². The van der Waals surface area contributed by atoms with Gasteiger partial charge in [-0.25, -0.2) is 4.79 Å². The van der Waals surface area contributed by atoms with E-state index in [1.54, 1.807) is 4.90 Å². The summed E-state index contributed by atoms with van der Waals surface area (Å²) in [6, 6.07) is 0. The fourth-order valence-electron chi connectivity index (χ4n) is 1.57. The summed E-state index contributed by atoms with van der Waals surface area (Å²) < 4.78 is 5.24. The molecule has 4 nitrogen and oxygen atoms in total. The van der Waals surface area contributed by atoms with Crippen LogP contribution in [0.1, 0.15) is 34.1 Å².